The minimum atomic E-state index is 0.164. The van der Waals surface area contributed by atoms with Crippen LogP contribution in [0.3, 0.4) is 0 Å². The Hall–Kier alpha value is -0.900. The fourth-order valence-corrected chi connectivity index (χ4v) is 2.30. The predicted octanol–water partition coefficient (Wildman–Crippen LogP) is 0.828. The molecular weight excluding hydrogens is 200 g/mol. The first-order valence-electron chi connectivity index (χ1n) is 5.92. The zero-order chi connectivity index (χ0) is 11.4. The Morgan fingerprint density at radius 3 is 2.75 bits per heavy atom. The summed E-state index contributed by atoms with van der Waals surface area (Å²) in [6, 6.07) is 10.6. The lowest BCUT2D eigenvalue weighted by Gasteiger charge is -2.36. The molecule has 1 aromatic rings. The molecule has 1 aliphatic rings. The number of aliphatic hydroxyl groups excluding tert-OH is 1. The predicted molar refractivity (Wildman–Crippen MR) is 64.9 cm³/mol. The first kappa shape index (κ1) is 11.6. The van der Waals surface area contributed by atoms with E-state index in [0.29, 0.717) is 0 Å². The van der Waals surface area contributed by atoms with E-state index in [0.717, 1.165) is 26.1 Å². The standard InChI is InChI=1S/C13H20N2O/c14-13-6-7-15(9-12(13)10-16)8-11-4-2-1-3-5-11/h1-5,12-13,16H,6-10,14H2/t12-,13+/m1/s1. The molecule has 2 atom stereocenters. The second-order valence-corrected chi connectivity index (χ2v) is 4.62. The molecule has 1 aliphatic heterocycles. The second-order valence-electron chi connectivity index (χ2n) is 4.62. The van der Waals surface area contributed by atoms with E-state index in [1.165, 1.54) is 5.56 Å². The zero-order valence-electron chi connectivity index (χ0n) is 9.55. The quantitative estimate of drug-likeness (QED) is 0.793. The number of piperidine rings is 1. The Balaban J connectivity index is 1.92. The number of hydrogen-bond donors (Lipinski definition) is 2. The molecule has 16 heavy (non-hydrogen) atoms. The monoisotopic (exact) mass is 220 g/mol. The van der Waals surface area contributed by atoms with Crippen molar-refractivity contribution in [1.29, 1.82) is 0 Å². The number of benzene rings is 1. The van der Waals surface area contributed by atoms with Gasteiger partial charge in [-0.15, -0.1) is 0 Å². The topological polar surface area (TPSA) is 49.5 Å². The molecule has 2 rings (SSSR count). The van der Waals surface area contributed by atoms with Crippen molar-refractivity contribution in [1.82, 2.24) is 4.90 Å². The maximum atomic E-state index is 9.24. The maximum absolute atomic E-state index is 9.24. The Labute approximate surface area is 96.9 Å². The highest BCUT2D eigenvalue weighted by atomic mass is 16.3. The van der Waals surface area contributed by atoms with Gasteiger partial charge < -0.3 is 10.8 Å². The molecule has 0 unspecified atom stereocenters. The third-order valence-electron chi connectivity index (χ3n) is 3.36. The van der Waals surface area contributed by atoms with Crippen LogP contribution >= 0.6 is 0 Å². The number of nitrogens with two attached hydrogens (primary N) is 1. The summed E-state index contributed by atoms with van der Waals surface area (Å²) in [5.41, 5.74) is 7.29. The van der Waals surface area contributed by atoms with E-state index in [2.05, 4.69) is 29.2 Å². The number of nitrogens with zero attached hydrogens (tertiary/aromatic N) is 1. The van der Waals surface area contributed by atoms with Crippen LogP contribution in [0.25, 0.3) is 0 Å². The van der Waals surface area contributed by atoms with Crippen molar-refractivity contribution in [2.45, 2.75) is 19.0 Å². The van der Waals surface area contributed by atoms with Crippen LogP contribution in [0, 0.1) is 5.92 Å². The summed E-state index contributed by atoms with van der Waals surface area (Å²) in [5, 5.41) is 9.24. The normalized spacial score (nSPS) is 26.9. The molecule has 1 heterocycles. The average Bonchev–Trinajstić information content (AvgIpc) is 2.33. The lowest BCUT2D eigenvalue weighted by Crippen LogP contribution is -2.48. The first-order valence-corrected chi connectivity index (χ1v) is 5.92. The van der Waals surface area contributed by atoms with E-state index in [1.54, 1.807) is 0 Å². The highest BCUT2D eigenvalue weighted by molar-refractivity contribution is 5.14. The lowest BCUT2D eigenvalue weighted by molar-refractivity contribution is 0.0992. The molecule has 1 aromatic carbocycles. The van der Waals surface area contributed by atoms with Gasteiger partial charge in [-0.2, -0.15) is 0 Å². The van der Waals surface area contributed by atoms with Crippen LogP contribution < -0.4 is 5.73 Å². The third kappa shape index (κ3) is 2.82. The molecule has 0 amide bonds. The van der Waals surface area contributed by atoms with E-state index >= 15 is 0 Å². The Morgan fingerprint density at radius 2 is 2.06 bits per heavy atom. The van der Waals surface area contributed by atoms with Gasteiger partial charge in [0.15, 0.2) is 0 Å². The van der Waals surface area contributed by atoms with E-state index in [9.17, 15) is 5.11 Å². The van der Waals surface area contributed by atoms with Crippen LogP contribution in [0.4, 0.5) is 0 Å². The second kappa shape index (κ2) is 5.43. The molecule has 88 valence electrons. The van der Waals surface area contributed by atoms with E-state index in [1.807, 2.05) is 6.07 Å². The van der Waals surface area contributed by atoms with Crippen LogP contribution in [0.2, 0.25) is 0 Å². The van der Waals surface area contributed by atoms with Gasteiger partial charge in [0, 0.05) is 31.7 Å². The number of rotatable bonds is 3. The Morgan fingerprint density at radius 1 is 1.31 bits per heavy atom. The number of aliphatic hydroxyl groups is 1. The van der Waals surface area contributed by atoms with Crippen molar-refractivity contribution in [3.8, 4) is 0 Å². The largest absolute Gasteiger partial charge is 0.396 e. The average molecular weight is 220 g/mol. The fourth-order valence-electron chi connectivity index (χ4n) is 2.30. The molecule has 1 fully saturated rings. The van der Waals surface area contributed by atoms with Crippen molar-refractivity contribution in [2.24, 2.45) is 11.7 Å². The molecule has 0 spiro atoms. The Bertz CT molecular complexity index is 315. The van der Waals surface area contributed by atoms with Gasteiger partial charge in [0.25, 0.3) is 0 Å². The van der Waals surface area contributed by atoms with Gasteiger partial charge in [-0.05, 0) is 18.5 Å². The van der Waals surface area contributed by atoms with Gasteiger partial charge in [-0.25, -0.2) is 0 Å². The molecule has 1 saturated heterocycles. The third-order valence-corrected chi connectivity index (χ3v) is 3.36. The Kier molecular flexibility index (Phi) is 3.93. The van der Waals surface area contributed by atoms with Crippen molar-refractivity contribution in [3.05, 3.63) is 35.9 Å². The number of likely N-dealkylation sites (tertiary alicyclic amines) is 1. The van der Waals surface area contributed by atoms with Gasteiger partial charge >= 0.3 is 0 Å². The fraction of sp³-hybridized carbons (Fsp3) is 0.538. The van der Waals surface area contributed by atoms with Gasteiger partial charge in [0.1, 0.15) is 0 Å². The van der Waals surface area contributed by atoms with E-state index in [4.69, 9.17) is 5.73 Å². The van der Waals surface area contributed by atoms with Crippen LogP contribution in [0.1, 0.15) is 12.0 Å². The van der Waals surface area contributed by atoms with Crippen molar-refractivity contribution >= 4 is 0 Å². The summed E-state index contributed by atoms with van der Waals surface area (Å²) < 4.78 is 0. The summed E-state index contributed by atoms with van der Waals surface area (Å²) >= 11 is 0. The van der Waals surface area contributed by atoms with Gasteiger partial charge in [0.05, 0.1) is 0 Å². The summed E-state index contributed by atoms with van der Waals surface area (Å²) in [6.07, 6.45) is 0.984. The molecule has 0 saturated carbocycles. The molecule has 0 aliphatic carbocycles. The molecular formula is C13H20N2O. The van der Waals surface area contributed by atoms with E-state index < -0.39 is 0 Å². The number of hydrogen-bond acceptors (Lipinski definition) is 3. The summed E-state index contributed by atoms with van der Waals surface area (Å²) in [5.74, 6) is 0.234. The van der Waals surface area contributed by atoms with Crippen LogP contribution in [0.5, 0.6) is 0 Å². The molecule has 0 bridgehead atoms. The van der Waals surface area contributed by atoms with Gasteiger partial charge in [-0.3, -0.25) is 4.90 Å². The lowest BCUT2D eigenvalue weighted by atomic mass is 9.93. The summed E-state index contributed by atoms with van der Waals surface area (Å²) in [6.45, 7) is 3.11. The highest BCUT2D eigenvalue weighted by Gasteiger charge is 2.25. The van der Waals surface area contributed by atoms with Crippen LogP contribution in [-0.2, 0) is 6.54 Å². The molecule has 0 aromatic heterocycles. The minimum Gasteiger partial charge on any atom is -0.396 e. The minimum absolute atomic E-state index is 0.164. The SMILES string of the molecule is N[C@H]1CCN(Cc2ccccc2)C[C@@H]1CO. The molecule has 3 heteroatoms. The molecule has 3 nitrogen and oxygen atoms in total. The molecule has 3 N–H and O–H groups in total. The van der Waals surface area contributed by atoms with Crippen LogP contribution in [0.15, 0.2) is 30.3 Å². The highest BCUT2D eigenvalue weighted by Crippen LogP contribution is 2.17. The summed E-state index contributed by atoms with van der Waals surface area (Å²) in [4.78, 5) is 2.37. The first-order chi connectivity index (χ1) is 7.79. The summed E-state index contributed by atoms with van der Waals surface area (Å²) in [7, 11) is 0. The van der Waals surface area contributed by atoms with Crippen molar-refractivity contribution in [3.63, 3.8) is 0 Å². The van der Waals surface area contributed by atoms with Crippen molar-refractivity contribution < 1.29 is 5.11 Å². The van der Waals surface area contributed by atoms with Gasteiger partial charge in [0.2, 0.25) is 0 Å². The molecule has 0 radical (unpaired) electrons. The van der Waals surface area contributed by atoms with Crippen LogP contribution in [-0.4, -0.2) is 35.7 Å². The maximum Gasteiger partial charge on any atom is 0.0486 e. The van der Waals surface area contributed by atoms with Crippen molar-refractivity contribution in [2.75, 3.05) is 19.7 Å². The zero-order valence-corrected chi connectivity index (χ0v) is 9.55. The van der Waals surface area contributed by atoms with Gasteiger partial charge in [-0.1, -0.05) is 30.3 Å². The van der Waals surface area contributed by atoms with E-state index in [-0.39, 0.29) is 18.6 Å². The smallest absolute Gasteiger partial charge is 0.0486 e.